The zero-order valence-electron chi connectivity index (χ0n) is 23.4. The van der Waals surface area contributed by atoms with Crippen molar-refractivity contribution < 1.29 is 48.6 Å². The number of carbonyl (C=O) groups is 2. The summed E-state index contributed by atoms with van der Waals surface area (Å²) in [4.78, 5) is 28.9. The Morgan fingerprint density at radius 1 is 0.558 bits per heavy atom. The van der Waals surface area contributed by atoms with Crippen molar-refractivity contribution >= 4 is 11.6 Å². The van der Waals surface area contributed by atoms with Gasteiger partial charge in [-0.05, 0) is 35.4 Å². The van der Waals surface area contributed by atoms with E-state index in [4.69, 9.17) is 23.7 Å². The van der Waals surface area contributed by atoms with Crippen molar-refractivity contribution in [3.05, 3.63) is 95.1 Å². The second-order valence-corrected chi connectivity index (χ2v) is 10.3. The minimum absolute atomic E-state index is 0.00290. The standard InChI is InChI=1S/C33H28O10/c1-39-19-10-6-17(7-11-19)33-29(31(38)27-23(36)13-21(41-3)15-25(27)43-33)28-30(37)26-22(35)12-20(40-2)14-24(26)42-32(28)16-4-8-18(34)9-5-16/h4-15,28-29,32-36H,1-3H3/t28-,29-,32+,33+/m0/s1. The summed E-state index contributed by atoms with van der Waals surface area (Å²) in [6, 6.07) is 18.6. The van der Waals surface area contributed by atoms with Gasteiger partial charge in [-0.25, -0.2) is 0 Å². The number of hydrogen-bond acceptors (Lipinski definition) is 10. The van der Waals surface area contributed by atoms with Crippen LogP contribution in [-0.2, 0) is 0 Å². The average molecular weight is 585 g/mol. The van der Waals surface area contributed by atoms with Gasteiger partial charge in [0.2, 0.25) is 0 Å². The second-order valence-electron chi connectivity index (χ2n) is 10.3. The fourth-order valence-corrected chi connectivity index (χ4v) is 5.81. The van der Waals surface area contributed by atoms with E-state index in [9.17, 15) is 24.9 Å². The molecule has 0 saturated heterocycles. The Morgan fingerprint density at radius 3 is 1.35 bits per heavy atom. The number of Topliss-reactive ketones (excluding diaryl/α,β-unsaturated/α-hetero) is 2. The fourth-order valence-electron chi connectivity index (χ4n) is 5.81. The Labute approximate surface area is 246 Å². The van der Waals surface area contributed by atoms with E-state index in [1.165, 1.54) is 57.7 Å². The van der Waals surface area contributed by atoms with Gasteiger partial charge in [-0.2, -0.15) is 0 Å². The maximum atomic E-state index is 14.5. The van der Waals surface area contributed by atoms with Gasteiger partial charge in [-0.3, -0.25) is 9.59 Å². The SMILES string of the molecule is COc1ccc([C@H]2Oc3cc(OC)cc(O)c3C(=O)[C@@H]2[C@H]2C(=O)c3c(O)cc(OC)cc3O[C@@H]2c2ccc(O)cc2)cc1. The van der Waals surface area contributed by atoms with Crippen LogP contribution in [0.15, 0.2) is 72.8 Å². The van der Waals surface area contributed by atoms with E-state index in [-0.39, 0.29) is 51.4 Å². The van der Waals surface area contributed by atoms with Crippen LogP contribution >= 0.6 is 0 Å². The molecular weight excluding hydrogens is 556 g/mol. The van der Waals surface area contributed by atoms with Crippen LogP contribution in [0.4, 0.5) is 0 Å². The molecule has 0 amide bonds. The molecule has 4 atom stereocenters. The number of aromatic hydroxyl groups is 3. The number of ether oxygens (including phenoxy) is 5. The number of carbonyl (C=O) groups excluding carboxylic acids is 2. The summed E-state index contributed by atoms with van der Waals surface area (Å²) in [5, 5.41) is 31.8. The molecule has 2 aliphatic rings. The van der Waals surface area contributed by atoms with Crippen LogP contribution in [0.1, 0.15) is 44.1 Å². The third-order valence-corrected chi connectivity index (χ3v) is 7.89. The first kappa shape index (κ1) is 27.8. The normalized spacial score (nSPS) is 20.7. The minimum Gasteiger partial charge on any atom is -0.508 e. The molecule has 220 valence electrons. The van der Waals surface area contributed by atoms with E-state index < -0.39 is 35.6 Å². The molecule has 4 aromatic rings. The van der Waals surface area contributed by atoms with E-state index in [1.54, 1.807) is 36.4 Å². The number of fused-ring (bicyclic) bond motifs is 2. The number of rotatable bonds is 6. The van der Waals surface area contributed by atoms with Crippen LogP contribution in [0.5, 0.6) is 46.0 Å². The number of phenols is 3. The van der Waals surface area contributed by atoms with Crippen molar-refractivity contribution in [2.24, 2.45) is 11.8 Å². The van der Waals surface area contributed by atoms with Crippen LogP contribution < -0.4 is 23.7 Å². The smallest absolute Gasteiger partial charge is 0.178 e. The molecule has 10 heteroatoms. The molecule has 3 N–H and O–H groups in total. The highest BCUT2D eigenvalue weighted by Crippen LogP contribution is 2.53. The van der Waals surface area contributed by atoms with Crippen molar-refractivity contribution in [3.63, 3.8) is 0 Å². The Balaban J connectivity index is 1.57. The first-order valence-electron chi connectivity index (χ1n) is 13.4. The second kappa shape index (κ2) is 10.8. The summed E-state index contributed by atoms with van der Waals surface area (Å²) in [7, 11) is 4.38. The van der Waals surface area contributed by atoms with Gasteiger partial charge in [-0.15, -0.1) is 0 Å². The zero-order valence-corrected chi connectivity index (χ0v) is 23.4. The lowest BCUT2D eigenvalue weighted by molar-refractivity contribution is 0.0129. The van der Waals surface area contributed by atoms with Crippen LogP contribution in [-0.4, -0.2) is 48.2 Å². The van der Waals surface area contributed by atoms with Gasteiger partial charge in [0.1, 0.15) is 69.3 Å². The molecule has 0 unspecified atom stereocenters. The number of ketones is 2. The fraction of sp³-hybridized carbons (Fsp3) is 0.212. The summed E-state index contributed by atoms with van der Waals surface area (Å²) >= 11 is 0. The van der Waals surface area contributed by atoms with Crippen molar-refractivity contribution in [2.45, 2.75) is 12.2 Å². The third-order valence-electron chi connectivity index (χ3n) is 7.89. The molecule has 0 saturated carbocycles. The van der Waals surface area contributed by atoms with Gasteiger partial charge >= 0.3 is 0 Å². The summed E-state index contributed by atoms with van der Waals surface area (Å²) in [5.74, 6) is -2.99. The van der Waals surface area contributed by atoms with Crippen LogP contribution in [0.2, 0.25) is 0 Å². The molecule has 4 aromatic carbocycles. The van der Waals surface area contributed by atoms with E-state index in [0.717, 1.165) is 0 Å². The molecule has 0 bridgehead atoms. The summed E-state index contributed by atoms with van der Waals surface area (Å²) < 4.78 is 28.7. The molecule has 0 spiro atoms. The van der Waals surface area contributed by atoms with E-state index in [2.05, 4.69) is 0 Å². The van der Waals surface area contributed by atoms with Gasteiger partial charge in [0.15, 0.2) is 11.6 Å². The van der Waals surface area contributed by atoms with Gasteiger partial charge in [0.05, 0.1) is 33.2 Å². The number of hydrogen-bond donors (Lipinski definition) is 3. The van der Waals surface area contributed by atoms with Crippen LogP contribution in [0.3, 0.4) is 0 Å². The third kappa shape index (κ3) is 4.70. The molecule has 0 fully saturated rings. The molecule has 43 heavy (non-hydrogen) atoms. The van der Waals surface area contributed by atoms with Gasteiger partial charge in [0, 0.05) is 24.3 Å². The number of methoxy groups -OCH3 is 3. The number of phenolic OH excluding ortho intramolecular Hbond substituents is 3. The molecule has 2 aliphatic heterocycles. The Kier molecular flexibility index (Phi) is 6.97. The van der Waals surface area contributed by atoms with Crippen LogP contribution in [0.25, 0.3) is 0 Å². The largest absolute Gasteiger partial charge is 0.508 e. The maximum absolute atomic E-state index is 14.5. The zero-order chi connectivity index (χ0) is 30.4. The lowest BCUT2D eigenvalue weighted by atomic mass is 9.69. The van der Waals surface area contributed by atoms with Gasteiger partial charge in [-0.1, -0.05) is 24.3 Å². The molecule has 0 aliphatic carbocycles. The highest BCUT2D eigenvalue weighted by atomic mass is 16.5. The molecular formula is C33H28O10. The Morgan fingerprint density at radius 2 is 0.953 bits per heavy atom. The Hall–Kier alpha value is -5.38. The van der Waals surface area contributed by atoms with E-state index in [1.807, 2.05) is 0 Å². The predicted molar refractivity (Wildman–Crippen MR) is 153 cm³/mol. The topological polar surface area (TPSA) is 141 Å². The predicted octanol–water partition coefficient (Wildman–Crippen LogP) is 5.39. The van der Waals surface area contributed by atoms with Crippen molar-refractivity contribution in [2.75, 3.05) is 21.3 Å². The number of benzene rings is 4. The highest BCUT2D eigenvalue weighted by molar-refractivity contribution is 6.11. The first-order chi connectivity index (χ1) is 20.7. The minimum atomic E-state index is -1.23. The highest BCUT2D eigenvalue weighted by Gasteiger charge is 2.53. The van der Waals surface area contributed by atoms with E-state index in [0.29, 0.717) is 16.9 Å². The molecule has 6 rings (SSSR count). The monoisotopic (exact) mass is 584 g/mol. The van der Waals surface area contributed by atoms with Crippen molar-refractivity contribution in [1.29, 1.82) is 0 Å². The summed E-state index contributed by atoms with van der Waals surface area (Å²) in [6.45, 7) is 0. The molecule has 2 heterocycles. The lowest BCUT2D eigenvalue weighted by Gasteiger charge is -2.42. The quantitative estimate of drug-likeness (QED) is 0.270. The molecule has 0 aromatic heterocycles. The van der Waals surface area contributed by atoms with Crippen molar-refractivity contribution in [1.82, 2.24) is 0 Å². The maximum Gasteiger partial charge on any atom is 0.178 e. The van der Waals surface area contributed by atoms with Crippen LogP contribution in [0, 0.1) is 11.8 Å². The van der Waals surface area contributed by atoms with E-state index >= 15 is 0 Å². The van der Waals surface area contributed by atoms with Crippen molar-refractivity contribution in [3.8, 4) is 46.0 Å². The lowest BCUT2D eigenvalue weighted by Crippen LogP contribution is -2.45. The molecule has 10 nitrogen and oxygen atoms in total. The first-order valence-corrected chi connectivity index (χ1v) is 13.4. The summed E-state index contributed by atoms with van der Waals surface area (Å²) in [5.41, 5.74) is 0.855. The Bertz CT molecular complexity index is 1710. The van der Waals surface area contributed by atoms with Gasteiger partial charge in [0.25, 0.3) is 0 Å². The average Bonchev–Trinajstić information content (AvgIpc) is 3.01. The molecule has 0 radical (unpaired) electrons. The van der Waals surface area contributed by atoms with Gasteiger partial charge < -0.3 is 39.0 Å². The summed E-state index contributed by atoms with van der Waals surface area (Å²) in [6.07, 6.45) is -2.07.